The van der Waals surface area contributed by atoms with Gasteiger partial charge in [0.15, 0.2) is 0 Å². The number of piperidine rings is 1. The van der Waals surface area contributed by atoms with Crippen molar-refractivity contribution in [2.45, 2.75) is 38.6 Å². The lowest BCUT2D eigenvalue weighted by Gasteiger charge is -2.36. The Kier molecular flexibility index (Phi) is 5.19. The van der Waals surface area contributed by atoms with Crippen molar-refractivity contribution in [3.05, 3.63) is 35.4 Å². The summed E-state index contributed by atoms with van der Waals surface area (Å²) in [6.07, 6.45) is 4.38. The van der Waals surface area contributed by atoms with Gasteiger partial charge in [0.2, 0.25) is 11.8 Å². The highest BCUT2D eigenvalue weighted by Crippen LogP contribution is 2.26. The highest BCUT2D eigenvalue weighted by atomic mass is 16.2. The number of likely N-dealkylation sites (tertiary alicyclic amines) is 2. The van der Waals surface area contributed by atoms with E-state index in [0.717, 1.165) is 45.4 Å². The maximum absolute atomic E-state index is 11.4. The van der Waals surface area contributed by atoms with E-state index in [1.165, 1.54) is 12.0 Å². The van der Waals surface area contributed by atoms with Crippen LogP contribution in [0.3, 0.4) is 0 Å². The van der Waals surface area contributed by atoms with Gasteiger partial charge in [0.25, 0.3) is 0 Å². The van der Waals surface area contributed by atoms with Gasteiger partial charge < -0.3 is 10.6 Å². The zero-order valence-corrected chi connectivity index (χ0v) is 14.4. The lowest BCUT2D eigenvalue weighted by molar-refractivity contribution is -0.130. The van der Waals surface area contributed by atoms with Gasteiger partial charge in [-0.1, -0.05) is 12.1 Å². The molecule has 2 heterocycles. The van der Waals surface area contributed by atoms with Crippen LogP contribution in [-0.2, 0) is 11.2 Å². The molecule has 2 aliphatic rings. The van der Waals surface area contributed by atoms with E-state index in [0.29, 0.717) is 17.5 Å². The predicted molar refractivity (Wildman–Crippen MR) is 93.6 cm³/mol. The maximum Gasteiger partial charge on any atom is 0.248 e. The number of carbonyl (C=O) groups excluding carboxylic acids is 2. The molecule has 0 aliphatic carbocycles. The molecule has 5 nitrogen and oxygen atoms in total. The topological polar surface area (TPSA) is 66.6 Å². The molecule has 130 valence electrons. The number of primary amides is 1. The predicted octanol–water partition coefficient (Wildman–Crippen LogP) is 1.66. The van der Waals surface area contributed by atoms with E-state index in [2.05, 4.69) is 11.0 Å². The van der Waals surface area contributed by atoms with E-state index in [1.807, 2.05) is 17.0 Å². The van der Waals surface area contributed by atoms with Crippen molar-refractivity contribution in [1.29, 1.82) is 0 Å². The fourth-order valence-electron chi connectivity index (χ4n) is 4.09. The molecule has 0 radical (unpaired) electrons. The van der Waals surface area contributed by atoms with Gasteiger partial charge in [-0.2, -0.15) is 0 Å². The van der Waals surface area contributed by atoms with Crippen molar-refractivity contribution in [3.8, 4) is 0 Å². The number of nitrogens with zero attached hydrogens (tertiary/aromatic N) is 2. The molecule has 5 heteroatoms. The van der Waals surface area contributed by atoms with Crippen LogP contribution in [0.1, 0.15) is 42.1 Å². The van der Waals surface area contributed by atoms with E-state index in [-0.39, 0.29) is 11.8 Å². The first kappa shape index (κ1) is 17.0. The largest absolute Gasteiger partial charge is 0.366 e. The van der Waals surface area contributed by atoms with E-state index < -0.39 is 0 Å². The molecule has 0 spiro atoms. The molecule has 2 amide bonds. The number of hydrogen-bond acceptors (Lipinski definition) is 3. The molecule has 2 saturated heterocycles. The highest BCUT2D eigenvalue weighted by Gasteiger charge is 2.31. The smallest absolute Gasteiger partial charge is 0.248 e. The van der Waals surface area contributed by atoms with Gasteiger partial charge in [-0.05, 0) is 55.8 Å². The number of rotatable bonds is 4. The second kappa shape index (κ2) is 7.34. The molecule has 2 aliphatic heterocycles. The average molecular weight is 329 g/mol. The fraction of sp³-hybridized carbons (Fsp3) is 0.579. The van der Waals surface area contributed by atoms with Crippen LogP contribution in [0.5, 0.6) is 0 Å². The van der Waals surface area contributed by atoms with Crippen LogP contribution in [0.15, 0.2) is 24.3 Å². The quantitative estimate of drug-likeness (QED) is 0.913. The van der Waals surface area contributed by atoms with Gasteiger partial charge in [0, 0.05) is 38.2 Å². The third-order valence-corrected chi connectivity index (χ3v) is 5.48. The number of hydrogen-bond donors (Lipinski definition) is 1. The Hall–Kier alpha value is -1.88. The first-order valence-electron chi connectivity index (χ1n) is 8.91. The SMILES string of the molecule is CC(=O)N1CCC(N2CC[C@H](Cc3cccc(C(N)=O)c3)C2)CC1. The Balaban J connectivity index is 1.52. The van der Waals surface area contributed by atoms with Crippen molar-refractivity contribution < 1.29 is 9.59 Å². The highest BCUT2D eigenvalue weighted by molar-refractivity contribution is 5.92. The lowest BCUT2D eigenvalue weighted by atomic mass is 9.97. The van der Waals surface area contributed by atoms with Gasteiger partial charge in [0.1, 0.15) is 0 Å². The average Bonchev–Trinajstić information content (AvgIpc) is 3.03. The van der Waals surface area contributed by atoms with Crippen LogP contribution >= 0.6 is 0 Å². The zero-order valence-electron chi connectivity index (χ0n) is 14.4. The van der Waals surface area contributed by atoms with E-state index >= 15 is 0 Å². The summed E-state index contributed by atoms with van der Waals surface area (Å²) < 4.78 is 0. The molecule has 1 atom stereocenters. The van der Waals surface area contributed by atoms with Gasteiger partial charge in [0.05, 0.1) is 0 Å². The lowest BCUT2D eigenvalue weighted by Crippen LogP contribution is -2.45. The number of carbonyl (C=O) groups is 2. The molecule has 1 aromatic carbocycles. The number of benzene rings is 1. The first-order chi connectivity index (χ1) is 11.5. The zero-order chi connectivity index (χ0) is 17.1. The molecule has 1 aromatic rings. The minimum Gasteiger partial charge on any atom is -0.366 e. The molecule has 0 aromatic heterocycles. The Morgan fingerprint density at radius 2 is 1.92 bits per heavy atom. The second-order valence-electron chi connectivity index (χ2n) is 7.16. The molecular formula is C19H27N3O2. The summed E-state index contributed by atoms with van der Waals surface area (Å²) in [5.74, 6) is 0.475. The minimum absolute atomic E-state index is 0.196. The molecule has 0 unspecified atom stereocenters. The van der Waals surface area contributed by atoms with Gasteiger partial charge in [-0.15, -0.1) is 0 Å². The summed E-state index contributed by atoms with van der Waals surface area (Å²) in [4.78, 5) is 27.3. The van der Waals surface area contributed by atoms with Crippen LogP contribution in [0.2, 0.25) is 0 Å². The Morgan fingerprint density at radius 3 is 2.58 bits per heavy atom. The van der Waals surface area contributed by atoms with Crippen molar-refractivity contribution >= 4 is 11.8 Å². The summed E-state index contributed by atoms with van der Waals surface area (Å²) in [6.45, 7) is 5.70. The summed E-state index contributed by atoms with van der Waals surface area (Å²) >= 11 is 0. The maximum atomic E-state index is 11.4. The van der Waals surface area contributed by atoms with Crippen molar-refractivity contribution in [2.75, 3.05) is 26.2 Å². The normalized spacial score (nSPS) is 22.7. The Morgan fingerprint density at radius 1 is 1.17 bits per heavy atom. The molecule has 2 fully saturated rings. The summed E-state index contributed by atoms with van der Waals surface area (Å²) in [7, 11) is 0. The van der Waals surface area contributed by atoms with Crippen LogP contribution in [0, 0.1) is 5.92 Å². The monoisotopic (exact) mass is 329 g/mol. The summed E-state index contributed by atoms with van der Waals surface area (Å²) in [5.41, 5.74) is 7.16. The van der Waals surface area contributed by atoms with Crippen LogP contribution in [0.25, 0.3) is 0 Å². The van der Waals surface area contributed by atoms with Gasteiger partial charge in [-0.3, -0.25) is 14.5 Å². The molecule has 2 N–H and O–H groups in total. The van der Waals surface area contributed by atoms with Crippen molar-refractivity contribution in [3.63, 3.8) is 0 Å². The molecule has 0 bridgehead atoms. The Labute approximate surface area is 143 Å². The van der Waals surface area contributed by atoms with E-state index in [9.17, 15) is 9.59 Å². The van der Waals surface area contributed by atoms with Gasteiger partial charge >= 0.3 is 0 Å². The van der Waals surface area contributed by atoms with Crippen LogP contribution < -0.4 is 5.73 Å². The standard InChI is InChI=1S/C19H27N3O2/c1-14(23)21-9-6-18(7-10-21)22-8-5-16(13-22)11-15-3-2-4-17(12-15)19(20)24/h2-4,12,16,18H,5-11,13H2,1H3,(H2,20,24)/t16-/m1/s1. The number of amides is 2. The summed E-state index contributed by atoms with van der Waals surface area (Å²) in [6, 6.07) is 8.31. The molecule has 0 saturated carbocycles. The van der Waals surface area contributed by atoms with E-state index in [4.69, 9.17) is 5.73 Å². The Bertz CT molecular complexity index is 608. The summed E-state index contributed by atoms with van der Waals surface area (Å²) in [5, 5.41) is 0. The third-order valence-electron chi connectivity index (χ3n) is 5.48. The van der Waals surface area contributed by atoms with Crippen LogP contribution in [-0.4, -0.2) is 53.8 Å². The van der Waals surface area contributed by atoms with Crippen LogP contribution in [0.4, 0.5) is 0 Å². The first-order valence-corrected chi connectivity index (χ1v) is 8.91. The number of nitrogens with two attached hydrogens (primary N) is 1. The van der Waals surface area contributed by atoms with Crippen molar-refractivity contribution in [1.82, 2.24) is 9.80 Å². The van der Waals surface area contributed by atoms with Crippen molar-refractivity contribution in [2.24, 2.45) is 11.7 Å². The molecule has 24 heavy (non-hydrogen) atoms. The van der Waals surface area contributed by atoms with Gasteiger partial charge in [-0.25, -0.2) is 0 Å². The minimum atomic E-state index is -0.359. The molecule has 3 rings (SSSR count). The second-order valence-corrected chi connectivity index (χ2v) is 7.16. The molecular weight excluding hydrogens is 302 g/mol. The fourth-order valence-corrected chi connectivity index (χ4v) is 4.09. The van der Waals surface area contributed by atoms with E-state index in [1.54, 1.807) is 13.0 Å². The third kappa shape index (κ3) is 3.96.